The van der Waals surface area contributed by atoms with Gasteiger partial charge in [0, 0.05) is 16.5 Å². The van der Waals surface area contributed by atoms with Crippen molar-refractivity contribution in [2.45, 2.75) is 19.3 Å². The van der Waals surface area contributed by atoms with Crippen molar-refractivity contribution in [2.75, 3.05) is 0 Å². The van der Waals surface area contributed by atoms with E-state index in [9.17, 15) is 0 Å². The monoisotopic (exact) mass is 477 g/mol. The maximum atomic E-state index is 4.85. The molecule has 0 aliphatic heterocycles. The highest BCUT2D eigenvalue weighted by molar-refractivity contribution is 9.10. The van der Waals surface area contributed by atoms with E-state index in [1.54, 1.807) is 0 Å². The first kappa shape index (κ1) is 19.3. The Morgan fingerprint density at radius 1 is 0.594 bits per heavy atom. The highest BCUT2D eigenvalue weighted by Gasteiger charge is 2.35. The second kappa shape index (κ2) is 7.07. The fraction of sp³-hybridized carbons (Fsp3) is 0.107. The predicted octanol–water partition coefficient (Wildman–Crippen LogP) is 7.43. The lowest BCUT2D eigenvalue weighted by molar-refractivity contribution is 0.660. The summed E-state index contributed by atoms with van der Waals surface area (Å²) in [6.07, 6.45) is 0. The Morgan fingerprint density at radius 2 is 1.22 bits per heavy atom. The Morgan fingerprint density at radius 3 is 2.03 bits per heavy atom. The van der Waals surface area contributed by atoms with Crippen LogP contribution in [0.25, 0.3) is 44.7 Å². The summed E-state index contributed by atoms with van der Waals surface area (Å²) in [5, 5.41) is 2.37. The van der Waals surface area contributed by atoms with E-state index in [-0.39, 0.29) is 5.41 Å². The number of fused-ring (bicyclic) bond motifs is 4. The first-order valence-corrected chi connectivity index (χ1v) is 11.5. The zero-order valence-corrected chi connectivity index (χ0v) is 19.4. The molecule has 0 atom stereocenters. The Balaban J connectivity index is 1.47. The van der Waals surface area contributed by atoms with Crippen molar-refractivity contribution < 1.29 is 0 Å². The molecule has 154 valence electrons. The highest BCUT2D eigenvalue weighted by atomic mass is 79.9. The van der Waals surface area contributed by atoms with Crippen LogP contribution in [-0.4, -0.2) is 15.0 Å². The molecule has 0 saturated carbocycles. The van der Waals surface area contributed by atoms with Gasteiger partial charge in [0.15, 0.2) is 11.6 Å². The molecule has 1 aliphatic carbocycles. The van der Waals surface area contributed by atoms with Gasteiger partial charge >= 0.3 is 0 Å². The van der Waals surface area contributed by atoms with Crippen LogP contribution in [0.2, 0.25) is 0 Å². The molecular formula is C28H20BrN3. The van der Waals surface area contributed by atoms with Gasteiger partial charge in [-0.2, -0.15) is 0 Å². The highest BCUT2D eigenvalue weighted by Crippen LogP contribution is 2.49. The quantitative estimate of drug-likeness (QED) is 0.265. The minimum Gasteiger partial charge on any atom is -0.208 e. The third-order valence-electron chi connectivity index (χ3n) is 6.46. The molecule has 6 rings (SSSR count). The van der Waals surface area contributed by atoms with E-state index in [2.05, 4.69) is 113 Å². The summed E-state index contributed by atoms with van der Waals surface area (Å²) < 4.78 is 0.536. The lowest BCUT2D eigenvalue weighted by atomic mass is 9.82. The molecule has 0 spiro atoms. The molecule has 1 aromatic heterocycles. The summed E-state index contributed by atoms with van der Waals surface area (Å²) in [5.41, 5.74) is 7.18. The molecule has 0 fully saturated rings. The lowest BCUT2D eigenvalue weighted by Gasteiger charge is -2.21. The molecule has 4 heteroatoms. The number of rotatable bonds is 2. The second-order valence-electron chi connectivity index (χ2n) is 8.74. The molecule has 0 unspecified atom stereocenters. The summed E-state index contributed by atoms with van der Waals surface area (Å²) >= 11 is 3.50. The molecule has 1 aliphatic rings. The van der Waals surface area contributed by atoms with Crippen molar-refractivity contribution in [2.24, 2.45) is 0 Å². The fourth-order valence-corrected chi connectivity index (χ4v) is 5.12. The molecule has 3 nitrogen and oxygen atoms in total. The maximum Gasteiger partial charge on any atom is 0.200 e. The SMILES string of the molecule is CC1(C)c2ccccc2-c2ccc(-c3nc(Br)nc(-c4ccc5ccccc5c4)n3)cc21. The molecular weight excluding hydrogens is 458 g/mol. The van der Waals surface area contributed by atoms with Gasteiger partial charge in [-0.1, -0.05) is 86.6 Å². The Kier molecular flexibility index (Phi) is 4.27. The smallest absolute Gasteiger partial charge is 0.200 e. The van der Waals surface area contributed by atoms with Crippen molar-refractivity contribution in [3.8, 4) is 33.9 Å². The Hall–Kier alpha value is -3.37. The molecule has 32 heavy (non-hydrogen) atoms. The van der Waals surface area contributed by atoms with Crippen LogP contribution >= 0.6 is 15.9 Å². The van der Waals surface area contributed by atoms with E-state index in [1.165, 1.54) is 33.0 Å². The zero-order valence-electron chi connectivity index (χ0n) is 17.8. The average Bonchev–Trinajstić information content (AvgIpc) is 3.05. The molecule has 4 aromatic carbocycles. The van der Waals surface area contributed by atoms with Gasteiger partial charge in [-0.05, 0) is 61.1 Å². The fourth-order valence-electron chi connectivity index (χ4n) is 4.78. The van der Waals surface area contributed by atoms with Crippen LogP contribution in [-0.2, 0) is 5.41 Å². The van der Waals surface area contributed by atoms with Gasteiger partial charge in [-0.25, -0.2) is 15.0 Å². The van der Waals surface area contributed by atoms with Crippen LogP contribution in [0.1, 0.15) is 25.0 Å². The number of nitrogens with zero attached hydrogens (tertiary/aromatic N) is 3. The van der Waals surface area contributed by atoms with Gasteiger partial charge in [0.1, 0.15) is 0 Å². The first-order chi connectivity index (χ1) is 15.5. The van der Waals surface area contributed by atoms with Gasteiger partial charge in [0.2, 0.25) is 4.73 Å². The van der Waals surface area contributed by atoms with Crippen molar-refractivity contribution in [1.82, 2.24) is 15.0 Å². The van der Waals surface area contributed by atoms with Crippen LogP contribution in [0, 0.1) is 0 Å². The molecule has 0 amide bonds. The van der Waals surface area contributed by atoms with E-state index < -0.39 is 0 Å². The first-order valence-electron chi connectivity index (χ1n) is 10.7. The zero-order chi connectivity index (χ0) is 21.9. The molecule has 0 bridgehead atoms. The number of halogens is 1. The van der Waals surface area contributed by atoms with E-state index >= 15 is 0 Å². The molecule has 0 radical (unpaired) electrons. The van der Waals surface area contributed by atoms with Gasteiger partial charge < -0.3 is 0 Å². The van der Waals surface area contributed by atoms with E-state index in [0.29, 0.717) is 16.4 Å². The topological polar surface area (TPSA) is 38.7 Å². The summed E-state index contributed by atoms with van der Waals surface area (Å²) in [6.45, 7) is 4.57. The number of aromatic nitrogens is 3. The molecule has 0 N–H and O–H groups in total. The van der Waals surface area contributed by atoms with E-state index in [1.807, 2.05) is 12.1 Å². The van der Waals surface area contributed by atoms with Crippen molar-refractivity contribution in [3.05, 3.63) is 101 Å². The van der Waals surface area contributed by atoms with Crippen LogP contribution < -0.4 is 0 Å². The third-order valence-corrected chi connectivity index (χ3v) is 6.81. The van der Waals surface area contributed by atoms with Gasteiger partial charge in [0.25, 0.3) is 0 Å². The molecule has 0 saturated heterocycles. The number of benzene rings is 4. The maximum absolute atomic E-state index is 4.85. The summed E-state index contributed by atoms with van der Waals surface area (Å²) in [7, 11) is 0. The predicted molar refractivity (Wildman–Crippen MR) is 133 cm³/mol. The number of hydrogen-bond acceptors (Lipinski definition) is 3. The number of hydrogen-bond donors (Lipinski definition) is 0. The van der Waals surface area contributed by atoms with Crippen molar-refractivity contribution in [1.29, 1.82) is 0 Å². The van der Waals surface area contributed by atoms with Crippen LogP contribution in [0.4, 0.5) is 0 Å². The third kappa shape index (κ3) is 2.98. The van der Waals surface area contributed by atoms with Crippen LogP contribution in [0.5, 0.6) is 0 Å². The molecule has 5 aromatic rings. The van der Waals surface area contributed by atoms with E-state index in [4.69, 9.17) is 4.98 Å². The normalized spacial score (nSPS) is 13.7. The minimum atomic E-state index is -0.0621. The average molecular weight is 478 g/mol. The van der Waals surface area contributed by atoms with Gasteiger partial charge in [0.05, 0.1) is 0 Å². The lowest BCUT2D eigenvalue weighted by Crippen LogP contribution is -2.15. The van der Waals surface area contributed by atoms with Crippen molar-refractivity contribution in [3.63, 3.8) is 0 Å². The van der Waals surface area contributed by atoms with E-state index in [0.717, 1.165) is 11.1 Å². The van der Waals surface area contributed by atoms with Gasteiger partial charge in [-0.15, -0.1) is 0 Å². The Labute approximate surface area is 195 Å². The Bertz CT molecular complexity index is 1520. The largest absolute Gasteiger partial charge is 0.208 e. The second-order valence-corrected chi connectivity index (χ2v) is 9.45. The summed E-state index contributed by atoms with van der Waals surface area (Å²) in [6, 6.07) is 29.8. The summed E-state index contributed by atoms with van der Waals surface area (Å²) in [4.78, 5) is 14.0. The standard InChI is InChI=1S/C28H20BrN3/c1-28(2)23-10-6-5-9-21(23)22-14-13-20(16-24(22)28)26-30-25(31-27(29)32-26)19-12-11-17-7-3-4-8-18(17)15-19/h3-16H,1-2H3. The van der Waals surface area contributed by atoms with Crippen molar-refractivity contribution >= 4 is 26.7 Å². The van der Waals surface area contributed by atoms with Crippen LogP contribution in [0.3, 0.4) is 0 Å². The minimum absolute atomic E-state index is 0.0621. The molecule has 1 heterocycles. The summed E-state index contributed by atoms with van der Waals surface area (Å²) in [5.74, 6) is 1.33. The van der Waals surface area contributed by atoms with Crippen LogP contribution in [0.15, 0.2) is 89.7 Å². The van der Waals surface area contributed by atoms with Gasteiger partial charge in [-0.3, -0.25) is 0 Å².